The molecule has 1 rings (SSSR count). The lowest BCUT2D eigenvalue weighted by atomic mass is 9.89. The van der Waals surface area contributed by atoms with Crippen molar-refractivity contribution in [2.45, 2.75) is 33.3 Å². The first-order valence-corrected chi connectivity index (χ1v) is 6.28. The van der Waals surface area contributed by atoms with Gasteiger partial charge in [0.25, 0.3) is 0 Å². The number of carbonyl (C=O) groups is 1. The molecule has 0 saturated heterocycles. The zero-order valence-corrected chi connectivity index (χ0v) is 11.9. The Balaban J connectivity index is 2.56. The van der Waals surface area contributed by atoms with Gasteiger partial charge in [-0.1, -0.05) is 20.8 Å². The van der Waals surface area contributed by atoms with E-state index in [0.29, 0.717) is 24.3 Å². The number of nitrogens with zero attached hydrogens (tertiary/aromatic N) is 1. The molecule has 0 amide bonds. The number of hydrogen-bond donors (Lipinski definition) is 2. The Labute approximate surface area is 114 Å². The van der Waals surface area contributed by atoms with E-state index in [0.717, 1.165) is 0 Å². The van der Waals surface area contributed by atoms with Gasteiger partial charge in [-0.25, -0.2) is 9.78 Å². The summed E-state index contributed by atoms with van der Waals surface area (Å²) < 4.78 is 4.64. The number of hydrogen-bond acceptors (Lipinski definition) is 5. The number of methoxy groups -OCH3 is 1. The van der Waals surface area contributed by atoms with Crippen LogP contribution >= 0.6 is 0 Å². The van der Waals surface area contributed by atoms with Gasteiger partial charge >= 0.3 is 5.97 Å². The number of ether oxygens (including phenoxy) is 1. The molecule has 0 aliphatic heterocycles. The second-order valence-electron chi connectivity index (χ2n) is 5.72. The normalized spacial score (nSPS) is 12.9. The number of carbonyl (C=O) groups excluding carboxylic acids is 1. The lowest BCUT2D eigenvalue weighted by Crippen LogP contribution is -2.25. The van der Waals surface area contributed by atoms with Crippen molar-refractivity contribution in [1.29, 1.82) is 0 Å². The predicted octanol–water partition coefficient (Wildman–Crippen LogP) is 2.08. The number of esters is 1. The van der Waals surface area contributed by atoms with Crippen molar-refractivity contribution in [3.63, 3.8) is 0 Å². The summed E-state index contributed by atoms with van der Waals surface area (Å²) in [6.45, 7) is 6.62. The molecule has 0 aliphatic carbocycles. The summed E-state index contributed by atoms with van der Waals surface area (Å²) in [5.74, 6) is 0.150. The molecule has 106 valence electrons. The van der Waals surface area contributed by atoms with Gasteiger partial charge in [-0.2, -0.15) is 0 Å². The summed E-state index contributed by atoms with van der Waals surface area (Å²) in [5.41, 5.74) is 0.507. The van der Waals surface area contributed by atoms with Crippen LogP contribution in [0.15, 0.2) is 18.3 Å². The summed E-state index contributed by atoms with van der Waals surface area (Å²) >= 11 is 0. The van der Waals surface area contributed by atoms with Crippen LogP contribution in [0.2, 0.25) is 0 Å². The van der Waals surface area contributed by atoms with E-state index >= 15 is 0 Å². The van der Waals surface area contributed by atoms with Crippen molar-refractivity contribution >= 4 is 11.8 Å². The average molecular weight is 266 g/mol. The molecule has 19 heavy (non-hydrogen) atoms. The summed E-state index contributed by atoms with van der Waals surface area (Å²) in [6.07, 6.45) is 1.77. The van der Waals surface area contributed by atoms with E-state index in [4.69, 9.17) is 0 Å². The molecule has 0 aliphatic rings. The molecule has 5 heteroatoms. The second-order valence-corrected chi connectivity index (χ2v) is 5.72. The van der Waals surface area contributed by atoms with Crippen LogP contribution in [0.1, 0.15) is 37.6 Å². The van der Waals surface area contributed by atoms with Gasteiger partial charge < -0.3 is 15.2 Å². The third-order valence-electron chi connectivity index (χ3n) is 2.55. The van der Waals surface area contributed by atoms with Crippen LogP contribution in [0.5, 0.6) is 0 Å². The fourth-order valence-corrected chi connectivity index (χ4v) is 1.77. The summed E-state index contributed by atoms with van der Waals surface area (Å²) in [7, 11) is 1.34. The number of aromatic nitrogens is 1. The number of pyridine rings is 1. The Morgan fingerprint density at radius 2 is 2.21 bits per heavy atom. The van der Waals surface area contributed by atoms with E-state index in [1.54, 1.807) is 12.1 Å². The molecule has 1 unspecified atom stereocenters. The predicted molar refractivity (Wildman–Crippen MR) is 74.1 cm³/mol. The van der Waals surface area contributed by atoms with E-state index in [-0.39, 0.29) is 5.41 Å². The number of nitrogens with one attached hydrogen (secondary N) is 1. The minimum absolute atomic E-state index is 0.0718. The largest absolute Gasteiger partial charge is 0.465 e. The first kappa shape index (κ1) is 15.4. The minimum atomic E-state index is -0.455. The topological polar surface area (TPSA) is 71.5 Å². The second kappa shape index (κ2) is 6.52. The SMILES string of the molecule is COC(=O)c1ccnc(NCC(O)CC(C)(C)C)c1. The molecule has 0 fully saturated rings. The van der Waals surface area contributed by atoms with Gasteiger partial charge in [0.1, 0.15) is 5.82 Å². The molecule has 1 aromatic heterocycles. The molecule has 1 atom stereocenters. The van der Waals surface area contributed by atoms with E-state index < -0.39 is 12.1 Å². The van der Waals surface area contributed by atoms with E-state index in [1.807, 2.05) is 0 Å². The van der Waals surface area contributed by atoms with Crippen molar-refractivity contribution in [1.82, 2.24) is 4.98 Å². The number of aliphatic hydroxyl groups excluding tert-OH is 1. The smallest absolute Gasteiger partial charge is 0.338 e. The van der Waals surface area contributed by atoms with Crippen LogP contribution < -0.4 is 5.32 Å². The van der Waals surface area contributed by atoms with Crippen molar-refractivity contribution in [3.8, 4) is 0 Å². The lowest BCUT2D eigenvalue weighted by Gasteiger charge is -2.22. The minimum Gasteiger partial charge on any atom is -0.465 e. The zero-order valence-electron chi connectivity index (χ0n) is 11.9. The van der Waals surface area contributed by atoms with E-state index in [2.05, 4.69) is 35.8 Å². The molecule has 1 aromatic rings. The van der Waals surface area contributed by atoms with E-state index in [1.165, 1.54) is 13.3 Å². The highest BCUT2D eigenvalue weighted by atomic mass is 16.5. The first-order valence-electron chi connectivity index (χ1n) is 6.28. The summed E-state index contributed by atoms with van der Waals surface area (Å²) in [5, 5.41) is 12.9. The van der Waals surface area contributed by atoms with Gasteiger partial charge in [0.2, 0.25) is 0 Å². The van der Waals surface area contributed by atoms with Crippen molar-refractivity contribution in [2.24, 2.45) is 5.41 Å². The molecule has 0 aromatic carbocycles. The molecule has 1 heterocycles. The Bertz CT molecular complexity index is 427. The fraction of sp³-hybridized carbons (Fsp3) is 0.571. The Kier molecular flexibility index (Phi) is 5.30. The number of rotatable bonds is 5. The zero-order chi connectivity index (χ0) is 14.5. The fourth-order valence-electron chi connectivity index (χ4n) is 1.77. The molecule has 0 radical (unpaired) electrons. The quantitative estimate of drug-likeness (QED) is 0.798. The monoisotopic (exact) mass is 266 g/mol. The van der Waals surface area contributed by atoms with Crippen LogP contribution in [-0.2, 0) is 4.74 Å². The number of aliphatic hydroxyl groups is 1. The standard InChI is InChI=1S/C14H22N2O3/c1-14(2,3)8-11(17)9-16-12-7-10(5-6-15-12)13(18)19-4/h5-7,11,17H,8-9H2,1-4H3,(H,15,16). The van der Waals surface area contributed by atoms with Crippen molar-refractivity contribution < 1.29 is 14.6 Å². The van der Waals surface area contributed by atoms with Crippen molar-refractivity contribution in [2.75, 3.05) is 19.0 Å². The Hall–Kier alpha value is -1.62. The molecule has 0 spiro atoms. The highest BCUT2D eigenvalue weighted by Gasteiger charge is 2.16. The van der Waals surface area contributed by atoms with Gasteiger partial charge in [0.15, 0.2) is 0 Å². The van der Waals surface area contributed by atoms with Gasteiger partial charge in [0, 0.05) is 12.7 Å². The maximum Gasteiger partial charge on any atom is 0.338 e. The summed E-state index contributed by atoms with van der Waals surface area (Å²) in [4.78, 5) is 15.5. The molecule has 0 saturated carbocycles. The Morgan fingerprint density at radius 1 is 1.53 bits per heavy atom. The van der Waals surface area contributed by atoms with Gasteiger partial charge in [-0.3, -0.25) is 0 Å². The first-order chi connectivity index (χ1) is 8.81. The average Bonchev–Trinajstić information content (AvgIpc) is 2.34. The van der Waals surface area contributed by atoms with Crippen LogP contribution in [-0.4, -0.2) is 35.8 Å². The van der Waals surface area contributed by atoms with Crippen molar-refractivity contribution in [3.05, 3.63) is 23.9 Å². The number of anilines is 1. The molecule has 2 N–H and O–H groups in total. The highest BCUT2D eigenvalue weighted by molar-refractivity contribution is 5.89. The molecule has 5 nitrogen and oxygen atoms in total. The molecular weight excluding hydrogens is 244 g/mol. The van der Waals surface area contributed by atoms with Gasteiger partial charge in [0.05, 0.1) is 18.8 Å². The molecular formula is C14H22N2O3. The third-order valence-corrected chi connectivity index (χ3v) is 2.55. The maximum atomic E-state index is 11.4. The van der Waals surface area contributed by atoms with Gasteiger partial charge in [-0.15, -0.1) is 0 Å². The van der Waals surface area contributed by atoms with Crippen LogP contribution in [0, 0.1) is 5.41 Å². The van der Waals surface area contributed by atoms with E-state index in [9.17, 15) is 9.90 Å². The van der Waals surface area contributed by atoms with Gasteiger partial charge in [-0.05, 0) is 24.0 Å². The Morgan fingerprint density at radius 3 is 2.79 bits per heavy atom. The molecule has 0 bridgehead atoms. The van der Waals surface area contributed by atoms with Crippen LogP contribution in [0.25, 0.3) is 0 Å². The third kappa shape index (κ3) is 5.70. The maximum absolute atomic E-state index is 11.4. The summed E-state index contributed by atoms with van der Waals surface area (Å²) in [6, 6.07) is 3.19. The highest BCUT2D eigenvalue weighted by Crippen LogP contribution is 2.20. The van der Waals surface area contributed by atoms with Crippen LogP contribution in [0.4, 0.5) is 5.82 Å². The lowest BCUT2D eigenvalue weighted by molar-refractivity contribution is 0.0600. The van der Waals surface area contributed by atoms with Crippen LogP contribution in [0.3, 0.4) is 0 Å².